The first-order valence-corrected chi connectivity index (χ1v) is 16.8. The predicted octanol–water partition coefficient (Wildman–Crippen LogP) is 6.53. The Labute approximate surface area is 232 Å². The van der Waals surface area contributed by atoms with Gasteiger partial charge in [-0.1, -0.05) is 118 Å². The van der Waals surface area contributed by atoms with E-state index >= 15 is 0 Å². The minimum atomic E-state index is -2.33. The van der Waals surface area contributed by atoms with Crippen LogP contribution in [0.15, 0.2) is 91.0 Å². The molecule has 4 rings (SSSR count). The monoisotopic (exact) mass is 528 g/mol. The Hall–Kier alpha value is -2.20. The summed E-state index contributed by atoms with van der Waals surface area (Å²) in [4.78, 5) is 0. The molecule has 1 aliphatic rings. The number of hydrogen-bond acceptors (Lipinski definition) is 2. The van der Waals surface area contributed by atoms with Crippen molar-refractivity contribution in [1.29, 1.82) is 0 Å². The van der Waals surface area contributed by atoms with Crippen molar-refractivity contribution in [1.82, 2.24) is 0 Å². The van der Waals surface area contributed by atoms with E-state index in [0.717, 1.165) is 31.6 Å². The van der Waals surface area contributed by atoms with E-state index in [2.05, 4.69) is 112 Å². The molecule has 0 N–H and O–H groups in total. The molecule has 1 fully saturated rings. The highest BCUT2D eigenvalue weighted by molar-refractivity contribution is 7.11. The maximum atomic E-state index is 6.09. The lowest BCUT2D eigenvalue weighted by atomic mass is 9.58. The van der Waals surface area contributed by atoms with E-state index < -0.39 is 8.07 Å². The summed E-state index contributed by atoms with van der Waals surface area (Å²) in [5.41, 5.74) is -0.0102. The van der Waals surface area contributed by atoms with E-state index in [0.29, 0.717) is 17.8 Å². The van der Waals surface area contributed by atoms with Gasteiger partial charge in [0.2, 0.25) is 0 Å². The maximum absolute atomic E-state index is 6.09. The van der Waals surface area contributed by atoms with Crippen LogP contribution in [0.1, 0.15) is 46.5 Å². The average molecular weight is 529 g/mol. The summed E-state index contributed by atoms with van der Waals surface area (Å²) in [6, 6.07) is 35.2. The number of ether oxygens (including phenoxy) is 2. The Morgan fingerprint density at radius 3 is 1.58 bits per heavy atom. The Morgan fingerprint density at radius 1 is 0.737 bits per heavy atom. The first-order chi connectivity index (χ1) is 18.5. The Kier molecular flexibility index (Phi) is 10.0. The summed E-state index contributed by atoms with van der Waals surface area (Å²) in [7, 11) is 1.44. The van der Waals surface area contributed by atoms with Crippen LogP contribution >= 0.6 is 0 Å². The highest BCUT2D eigenvalue weighted by atomic mass is 28.3. The Morgan fingerprint density at radius 2 is 1.18 bits per heavy atom. The molecule has 0 saturated heterocycles. The minimum Gasteiger partial charge on any atom is -0.384 e. The quantitative estimate of drug-likeness (QED) is 0.196. The van der Waals surface area contributed by atoms with Crippen LogP contribution < -0.4 is 15.6 Å². The average Bonchev–Trinajstić information content (AvgIpc) is 2.95. The number of hydrogen-bond donors (Lipinski definition) is 0. The smallest absolute Gasteiger partial charge is 0.148 e. The molecule has 0 heterocycles. The second-order valence-corrected chi connectivity index (χ2v) is 16.2. The topological polar surface area (TPSA) is 18.5 Å². The summed E-state index contributed by atoms with van der Waals surface area (Å²) in [6.45, 7) is 8.81. The molecule has 3 aromatic rings. The standard InChI is InChI=1S/C35H48O2Si/c1-28(2)33-22-21-29(3)25-34(33)35(26-36-4,27-37-5)23-24-38(30-15-9-6-10-16-30,31-17-11-7-12-18-31)32-19-13-8-14-20-32/h6-20,28-29,33-34H,21-27H2,1-5H3. The van der Waals surface area contributed by atoms with Crippen LogP contribution in [0.5, 0.6) is 0 Å². The van der Waals surface area contributed by atoms with E-state index in [-0.39, 0.29) is 5.41 Å². The van der Waals surface area contributed by atoms with Crippen LogP contribution in [0.2, 0.25) is 6.04 Å². The van der Waals surface area contributed by atoms with Gasteiger partial charge < -0.3 is 9.47 Å². The normalized spacial score (nSPS) is 20.5. The van der Waals surface area contributed by atoms with Crippen molar-refractivity contribution in [2.45, 2.75) is 52.5 Å². The van der Waals surface area contributed by atoms with Gasteiger partial charge in [-0.05, 0) is 64.5 Å². The first kappa shape index (κ1) is 28.8. The molecule has 204 valence electrons. The zero-order chi connectivity index (χ0) is 27.0. The fourth-order valence-electron chi connectivity index (χ4n) is 7.60. The van der Waals surface area contributed by atoms with Gasteiger partial charge in [0.15, 0.2) is 0 Å². The molecule has 38 heavy (non-hydrogen) atoms. The molecule has 3 unspecified atom stereocenters. The molecule has 0 spiro atoms. The molecule has 1 saturated carbocycles. The first-order valence-electron chi connectivity index (χ1n) is 14.6. The van der Waals surface area contributed by atoms with Crippen LogP contribution in [0, 0.1) is 29.1 Å². The number of benzene rings is 3. The molecule has 0 bridgehead atoms. The van der Waals surface area contributed by atoms with E-state index in [4.69, 9.17) is 9.47 Å². The van der Waals surface area contributed by atoms with Gasteiger partial charge in [-0.15, -0.1) is 0 Å². The lowest BCUT2D eigenvalue weighted by Crippen LogP contribution is -2.67. The molecule has 1 aliphatic carbocycles. The fraction of sp³-hybridized carbons (Fsp3) is 0.486. The van der Waals surface area contributed by atoms with Crippen molar-refractivity contribution < 1.29 is 9.47 Å². The van der Waals surface area contributed by atoms with Crippen LogP contribution in [-0.2, 0) is 9.47 Å². The molecule has 3 heteroatoms. The lowest BCUT2D eigenvalue weighted by Gasteiger charge is -2.50. The molecule has 3 aromatic carbocycles. The zero-order valence-corrected chi connectivity index (χ0v) is 25.2. The molecular weight excluding hydrogens is 480 g/mol. The van der Waals surface area contributed by atoms with Gasteiger partial charge in [0.25, 0.3) is 0 Å². The third kappa shape index (κ3) is 6.01. The van der Waals surface area contributed by atoms with Gasteiger partial charge >= 0.3 is 0 Å². The Balaban J connectivity index is 1.86. The molecule has 2 nitrogen and oxygen atoms in total. The van der Waals surface area contributed by atoms with E-state index in [1.165, 1.54) is 34.8 Å². The molecule has 3 atom stereocenters. The lowest BCUT2D eigenvalue weighted by molar-refractivity contribution is -0.0772. The second kappa shape index (κ2) is 13.2. The van der Waals surface area contributed by atoms with Gasteiger partial charge in [-0.2, -0.15) is 0 Å². The van der Waals surface area contributed by atoms with Crippen molar-refractivity contribution in [2.24, 2.45) is 29.1 Å². The van der Waals surface area contributed by atoms with Crippen LogP contribution in [0.3, 0.4) is 0 Å². The largest absolute Gasteiger partial charge is 0.384 e. The van der Waals surface area contributed by atoms with Gasteiger partial charge in [-0.3, -0.25) is 0 Å². The van der Waals surface area contributed by atoms with Gasteiger partial charge in [0.05, 0.1) is 13.2 Å². The summed E-state index contributed by atoms with van der Waals surface area (Å²) in [5.74, 6) is 2.72. The second-order valence-electron chi connectivity index (χ2n) is 12.2. The van der Waals surface area contributed by atoms with E-state index in [1.807, 2.05) is 14.2 Å². The van der Waals surface area contributed by atoms with E-state index in [9.17, 15) is 0 Å². The van der Waals surface area contributed by atoms with Crippen molar-refractivity contribution in [3.8, 4) is 0 Å². The summed E-state index contributed by atoms with van der Waals surface area (Å²) in [5, 5.41) is 4.45. The molecular formula is C35H48O2Si. The highest BCUT2D eigenvalue weighted by Gasteiger charge is 2.49. The third-order valence-electron chi connectivity index (χ3n) is 9.47. The van der Waals surface area contributed by atoms with Gasteiger partial charge in [-0.25, -0.2) is 0 Å². The van der Waals surface area contributed by atoms with Crippen molar-refractivity contribution in [3.63, 3.8) is 0 Å². The van der Waals surface area contributed by atoms with Gasteiger partial charge in [0.1, 0.15) is 8.07 Å². The van der Waals surface area contributed by atoms with E-state index in [1.54, 1.807) is 0 Å². The van der Waals surface area contributed by atoms with Crippen molar-refractivity contribution in [3.05, 3.63) is 91.0 Å². The third-order valence-corrected chi connectivity index (χ3v) is 14.4. The maximum Gasteiger partial charge on any atom is 0.148 e. The molecule has 0 amide bonds. The SMILES string of the molecule is COCC(CC[Si](c1ccccc1)(c1ccccc1)c1ccccc1)(COC)C1CC(C)CCC1C(C)C. The fourth-order valence-corrected chi connectivity index (χ4v) is 12.6. The Bertz CT molecular complexity index is 980. The van der Waals surface area contributed by atoms with Crippen LogP contribution in [-0.4, -0.2) is 35.5 Å². The summed E-state index contributed by atoms with van der Waals surface area (Å²) >= 11 is 0. The molecule has 0 aliphatic heterocycles. The number of methoxy groups -OCH3 is 2. The van der Waals surface area contributed by atoms with Crippen LogP contribution in [0.25, 0.3) is 0 Å². The summed E-state index contributed by atoms with van der Waals surface area (Å²) < 4.78 is 12.2. The van der Waals surface area contributed by atoms with Crippen molar-refractivity contribution in [2.75, 3.05) is 27.4 Å². The summed E-state index contributed by atoms with van der Waals surface area (Å²) in [6.07, 6.45) is 5.02. The number of rotatable bonds is 12. The zero-order valence-electron chi connectivity index (χ0n) is 24.2. The van der Waals surface area contributed by atoms with Gasteiger partial charge in [0, 0.05) is 19.6 Å². The molecule has 0 radical (unpaired) electrons. The molecule has 0 aromatic heterocycles. The predicted molar refractivity (Wildman–Crippen MR) is 164 cm³/mol. The van der Waals surface area contributed by atoms with Crippen LogP contribution in [0.4, 0.5) is 0 Å². The highest BCUT2D eigenvalue weighted by Crippen LogP contribution is 2.50. The minimum absolute atomic E-state index is 0.0102. The van der Waals surface area contributed by atoms with Crippen molar-refractivity contribution >= 4 is 23.6 Å².